The van der Waals surface area contributed by atoms with Crippen LogP contribution in [-0.4, -0.2) is 20.0 Å². The number of thiazole rings is 1. The van der Waals surface area contributed by atoms with Crippen molar-refractivity contribution in [2.24, 2.45) is 11.7 Å². The molecule has 1 aliphatic rings. The Morgan fingerprint density at radius 3 is 2.80 bits per heavy atom. The fourth-order valence-corrected chi connectivity index (χ4v) is 3.79. The molecule has 5 nitrogen and oxygen atoms in total. The zero-order chi connectivity index (χ0) is 14.1. The number of rotatable bonds is 4. The van der Waals surface area contributed by atoms with Gasteiger partial charge in [0, 0.05) is 11.4 Å². The third-order valence-corrected chi connectivity index (χ3v) is 4.79. The van der Waals surface area contributed by atoms with E-state index in [0.717, 1.165) is 35.8 Å². The van der Waals surface area contributed by atoms with Crippen molar-refractivity contribution in [1.82, 2.24) is 20.0 Å². The van der Waals surface area contributed by atoms with Crippen LogP contribution in [-0.2, 0) is 25.8 Å². The van der Waals surface area contributed by atoms with Crippen LogP contribution >= 0.6 is 11.3 Å². The van der Waals surface area contributed by atoms with Gasteiger partial charge in [-0.05, 0) is 38.0 Å². The lowest BCUT2D eigenvalue weighted by molar-refractivity contribution is 0.609. The SMILES string of the molecule is CC(C)Cc1c(CN)nnn1-c1nc2c(s1)CCCC2. The number of hydrogen-bond acceptors (Lipinski definition) is 5. The van der Waals surface area contributed by atoms with E-state index in [1.54, 1.807) is 11.3 Å². The van der Waals surface area contributed by atoms with Crippen molar-refractivity contribution >= 4 is 11.3 Å². The minimum atomic E-state index is 0.438. The van der Waals surface area contributed by atoms with E-state index in [-0.39, 0.29) is 0 Å². The van der Waals surface area contributed by atoms with Crippen LogP contribution in [0.15, 0.2) is 0 Å². The molecule has 0 saturated heterocycles. The molecule has 0 aliphatic heterocycles. The fourth-order valence-electron chi connectivity index (χ4n) is 2.66. The van der Waals surface area contributed by atoms with Crippen molar-refractivity contribution in [3.63, 3.8) is 0 Å². The Hall–Kier alpha value is -1.27. The van der Waals surface area contributed by atoms with Crippen molar-refractivity contribution in [2.45, 2.75) is 52.5 Å². The van der Waals surface area contributed by atoms with E-state index in [1.165, 1.54) is 23.4 Å². The molecule has 3 rings (SSSR count). The Balaban J connectivity index is 2.00. The first-order valence-electron chi connectivity index (χ1n) is 7.31. The molecule has 6 heteroatoms. The Labute approximate surface area is 123 Å². The Morgan fingerprint density at radius 1 is 1.30 bits per heavy atom. The van der Waals surface area contributed by atoms with Gasteiger partial charge >= 0.3 is 0 Å². The molecule has 0 aromatic carbocycles. The number of fused-ring (bicyclic) bond motifs is 1. The Bertz CT molecular complexity index is 575. The summed E-state index contributed by atoms with van der Waals surface area (Å²) in [4.78, 5) is 6.20. The summed E-state index contributed by atoms with van der Waals surface area (Å²) in [5, 5.41) is 9.47. The minimum Gasteiger partial charge on any atom is -0.325 e. The van der Waals surface area contributed by atoms with Gasteiger partial charge in [-0.3, -0.25) is 0 Å². The van der Waals surface area contributed by atoms with E-state index >= 15 is 0 Å². The fraction of sp³-hybridized carbons (Fsp3) is 0.643. The molecule has 2 N–H and O–H groups in total. The average molecular weight is 291 g/mol. The predicted octanol–water partition coefficient (Wildman–Crippen LogP) is 2.26. The second kappa shape index (κ2) is 5.61. The molecule has 0 unspecified atom stereocenters. The molecule has 108 valence electrons. The predicted molar refractivity (Wildman–Crippen MR) is 80.1 cm³/mol. The molecule has 0 amide bonds. The molecule has 20 heavy (non-hydrogen) atoms. The number of nitrogens with zero attached hydrogens (tertiary/aromatic N) is 4. The van der Waals surface area contributed by atoms with Crippen LogP contribution in [0.1, 0.15) is 48.6 Å². The maximum absolute atomic E-state index is 5.78. The second-order valence-electron chi connectivity index (χ2n) is 5.77. The van der Waals surface area contributed by atoms with Gasteiger partial charge in [-0.25, -0.2) is 4.98 Å². The monoisotopic (exact) mass is 291 g/mol. The lowest BCUT2D eigenvalue weighted by Crippen LogP contribution is -2.09. The van der Waals surface area contributed by atoms with Crippen LogP contribution in [0.25, 0.3) is 5.13 Å². The first kappa shape index (κ1) is 13.7. The summed E-state index contributed by atoms with van der Waals surface area (Å²) in [5.74, 6) is 0.548. The maximum Gasteiger partial charge on any atom is 0.212 e. The standard InChI is InChI=1S/C14H21N5S/c1-9(2)7-12-11(8-15)17-18-19(12)14-16-10-5-3-4-6-13(10)20-14/h9H,3-8,15H2,1-2H3. The number of aryl methyl sites for hydroxylation is 2. The second-order valence-corrected chi connectivity index (χ2v) is 6.83. The van der Waals surface area contributed by atoms with E-state index in [0.29, 0.717) is 12.5 Å². The zero-order valence-electron chi connectivity index (χ0n) is 12.1. The van der Waals surface area contributed by atoms with Crippen molar-refractivity contribution in [3.05, 3.63) is 22.0 Å². The van der Waals surface area contributed by atoms with Gasteiger partial charge in [-0.15, -0.1) is 5.10 Å². The largest absolute Gasteiger partial charge is 0.325 e. The first-order chi connectivity index (χ1) is 9.69. The molecular weight excluding hydrogens is 270 g/mol. The van der Waals surface area contributed by atoms with Gasteiger partial charge in [0.2, 0.25) is 5.13 Å². The van der Waals surface area contributed by atoms with Gasteiger partial charge in [0.15, 0.2) is 0 Å². The van der Waals surface area contributed by atoms with Gasteiger partial charge in [-0.2, -0.15) is 4.68 Å². The molecule has 0 fully saturated rings. The van der Waals surface area contributed by atoms with Crippen molar-refractivity contribution < 1.29 is 0 Å². The van der Waals surface area contributed by atoms with Crippen molar-refractivity contribution in [2.75, 3.05) is 0 Å². The third kappa shape index (κ3) is 2.50. The van der Waals surface area contributed by atoms with E-state index in [1.807, 2.05) is 4.68 Å². The van der Waals surface area contributed by atoms with Crippen LogP contribution < -0.4 is 5.73 Å². The normalized spacial score (nSPS) is 14.8. The maximum atomic E-state index is 5.78. The highest BCUT2D eigenvalue weighted by molar-refractivity contribution is 7.14. The van der Waals surface area contributed by atoms with Crippen molar-refractivity contribution in [1.29, 1.82) is 0 Å². The van der Waals surface area contributed by atoms with Gasteiger partial charge in [0.1, 0.15) is 0 Å². The number of aromatic nitrogens is 4. The first-order valence-corrected chi connectivity index (χ1v) is 8.13. The Kier molecular flexibility index (Phi) is 3.85. The number of hydrogen-bond donors (Lipinski definition) is 1. The number of nitrogens with two attached hydrogens (primary N) is 1. The molecule has 0 radical (unpaired) electrons. The third-order valence-electron chi connectivity index (χ3n) is 3.65. The van der Waals surface area contributed by atoms with Gasteiger partial charge in [0.25, 0.3) is 0 Å². The highest BCUT2D eigenvalue weighted by atomic mass is 32.1. The molecule has 2 heterocycles. The summed E-state index contributed by atoms with van der Waals surface area (Å²) in [6.07, 6.45) is 5.72. The van der Waals surface area contributed by atoms with Gasteiger partial charge in [-0.1, -0.05) is 30.4 Å². The summed E-state index contributed by atoms with van der Waals surface area (Å²) in [6, 6.07) is 0. The quantitative estimate of drug-likeness (QED) is 0.938. The van der Waals surface area contributed by atoms with Crippen LogP contribution in [0.3, 0.4) is 0 Å². The van der Waals surface area contributed by atoms with Crippen LogP contribution in [0.4, 0.5) is 0 Å². The molecule has 0 saturated carbocycles. The van der Waals surface area contributed by atoms with E-state index in [4.69, 9.17) is 10.7 Å². The van der Waals surface area contributed by atoms with Crippen LogP contribution in [0.5, 0.6) is 0 Å². The lowest BCUT2D eigenvalue weighted by atomic mass is 10.0. The summed E-state index contributed by atoms with van der Waals surface area (Å²) in [6.45, 7) is 4.84. The minimum absolute atomic E-state index is 0.438. The molecule has 2 aromatic rings. The molecular formula is C14H21N5S. The molecule has 1 aliphatic carbocycles. The molecule has 0 bridgehead atoms. The summed E-state index contributed by atoms with van der Waals surface area (Å²) >= 11 is 1.76. The molecule has 0 atom stereocenters. The average Bonchev–Trinajstić information content (AvgIpc) is 3.00. The molecule has 2 aromatic heterocycles. The van der Waals surface area contributed by atoms with E-state index in [2.05, 4.69) is 24.2 Å². The molecule has 0 spiro atoms. The van der Waals surface area contributed by atoms with Gasteiger partial charge < -0.3 is 5.73 Å². The van der Waals surface area contributed by atoms with Crippen LogP contribution in [0.2, 0.25) is 0 Å². The van der Waals surface area contributed by atoms with Crippen molar-refractivity contribution in [3.8, 4) is 5.13 Å². The van der Waals surface area contributed by atoms with Crippen LogP contribution in [0, 0.1) is 5.92 Å². The topological polar surface area (TPSA) is 69.6 Å². The summed E-state index contributed by atoms with van der Waals surface area (Å²) in [5.41, 5.74) is 9.06. The highest BCUT2D eigenvalue weighted by Crippen LogP contribution is 2.29. The summed E-state index contributed by atoms with van der Waals surface area (Å²) < 4.78 is 1.91. The zero-order valence-corrected chi connectivity index (χ0v) is 12.9. The van der Waals surface area contributed by atoms with E-state index < -0.39 is 0 Å². The summed E-state index contributed by atoms with van der Waals surface area (Å²) in [7, 11) is 0. The highest BCUT2D eigenvalue weighted by Gasteiger charge is 2.20. The Morgan fingerprint density at radius 2 is 2.10 bits per heavy atom. The van der Waals surface area contributed by atoms with Gasteiger partial charge in [0.05, 0.1) is 17.1 Å². The smallest absolute Gasteiger partial charge is 0.212 e. The lowest BCUT2D eigenvalue weighted by Gasteiger charge is -2.07. The van der Waals surface area contributed by atoms with E-state index in [9.17, 15) is 0 Å².